The van der Waals surface area contributed by atoms with Crippen molar-refractivity contribution in [3.05, 3.63) is 78.0 Å². The van der Waals surface area contributed by atoms with E-state index in [1.807, 2.05) is 87.4 Å². The van der Waals surface area contributed by atoms with E-state index in [-0.39, 0.29) is 36.4 Å². The van der Waals surface area contributed by atoms with E-state index < -0.39 is 29.2 Å². The Morgan fingerprint density at radius 2 is 1.12 bits per heavy atom. The molecule has 3 aliphatic rings. The van der Waals surface area contributed by atoms with Gasteiger partial charge in [0.25, 0.3) is 0 Å². The molecule has 4 aromatic rings. The number of carbonyl (C=O) groups excluding carboxylic acids is 2. The van der Waals surface area contributed by atoms with Gasteiger partial charge in [-0.05, 0) is 113 Å². The minimum atomic E-state index is -0.593. The van der Waals surface area contributed by atoms with Gasteiger partial charge in [0.05, 0.1) is 41.7 Å². The van der Waals surface area contributed by atoms with Crippen LogP contribution < -0.4 is 14.9 Å². The smallest absolute Gasteiger partial charge is 0.475 e. The Kier molecular flexibility index (Phi) is 15.4. The van der Waals surface area contributed by atoms with Gasteiger partial charge in [-0.25, -0.2) is 29.9 Å². The number of carbonyl (C=O) groups is 2. The van der Waals surface area contributed by atoms with E-state index in [2.05, 4.69) is 29.9 Å². The molecule has 0 aromatic carbocycles. The first-order chi connectivity index (χ1) is 30.0. The van der Waals surface area contributed by atoms with E-state index in [1.54, 1.807) is 36.8 Å². The highest BCUT2D eigenvalue weighted by molar-refractivity contribution is 6.62. The average Bonchev–Trinajstić information content (AvgIpc) is 3.42. The number of nitrogens with zero attached hydrogens (tertiary/aromatic N) is 8. The minimum absolute atomic E-state index is 0.196. The fraction of sp³-hybridized carbons (Fsp3) is 0.522. The Balaban J connectivity index is 0.000000186. The van der Waals surface area contributed by atoms with Crippen LogP contribution in [0.25, 0.3) is 11.3 Å². The standard InChI is InChI=1S/C20H22N4O3.C14H19ClN2O3.C12H15BN2O2/c1-19(2,3)27-18(25)20(7-4-8-20)13-26-17-12-23-16(11-24-17)14-5-6-15(9-21)22-10-14;1-13(2,3)20-12(18)14(5-4-6-14)9-19-11-8-16-10(15)7-17-11;1-11(2)12(3,4)17-13(16-11)9-5-6-10(7-14)15-8-9/h5-6,10-12H,4,7-8,13H2,1-3H3;7-8H,4-6,9H2,1-3H3;5-6,8H,1-4H3. The fourth-order valence-corrected chi connectivity index (χ4v) is 6.43. The molecular weight excluding hydrogens is 839 g/mol. The van der Waals surface area contributed by atoms with E-state index in [4.69, 9.17) is 50.4 Å². The molecule has 3 fully saturated rings. The predicted molar refractivity (Wildman–Crippen MR) is 237 cm³/mol. The molecule has 338 valence electrons. The van der Waals surface area contributed by atoms with E-state index in [1.165, 1.54) is 18.6 Å². The lowest BCUT2D eigenvalue weighted by Crippen LogP contribution is -2.46. The van der Waals surface area contributed by atoms with Crippen LogP contribution in [0.15, 0.2) is 61.4 Å². The van der Waals surface area contributed by atoms with Crippen LogP contribution in [0, 0.1) is 33.5 Å². The largest absolute Gasteiger partial charge is 0.496 e. The van der Waals surface area contributed by atoms with Crippen molar-refractivity contribution in [3.8, 4) is 35.2 Å². The van der Waals surface area contributed by atoms with Gasteiger partial charge in [-0.3, -0.25) is 9.59 Å². The third-order valence-corrected chi connectivity index (χ3v) is 11.3. The Morgan fingerprint density at radius 3 is 1.47 bits per heavy atom. The number of pyridine rings is 2. The third-order valence-electron chi connectivity index (χ3n) is 11.1. The number of aromatic nitrogens is 6. The molecular formula is C46H56BClN8O8. The maximum Gasteiger partial charge on any atom is 0.496 e. The summed E-state index contributed by atoms with van der Waals surface area (Å²) in [5, 5.41) is 17.8. The Labute approximate surface area is 380 Å². The van der Waals surface area contributed by atoms with Gasteiger partial charge < -0.3 is 28.3 Å². The van der Waals surface area contributed by atoms with Crippen molar-refractivity contribution in [2.24, 2.45) is 10.8 Å². The maximum atomic E-state index is 12.5. The molecule has 64 heavy (non-hydrogen) atoms. The van der Waals surface area contributed by atoms with E-state index in [0.29, 0.717) is 34.0 Å². The van der Waals surface area contributed by atoms with Gasteiger partial charge >= 0.3 is 19.1 Å². The molecule has 0 spiro atoms. The summed E-state index contributed by atoms with van der Waals surface area (Å²) in [5.41, 5.74) is 0.113. The fourth-order valence-electron chi connectivity index (χ4n) is 6.34. The van der Waals surface area contributed by atoms with Gasteiger partial charge in [0.15, 0.2) is 0 Å². The lowest BCUT2D eigenvalue weighted by Gasteiger charge is -2.40. The summed E-state index contributed by atoms with van der Waals surface area (Å²) in [6.07, 6.45) is 14.2. The van der Waals surface area contributed by atoms with Gasteiger partial charge in [0, 0.05) is 23.4 Å². The van der Waals surface area contributed by atoms with E-state index in [0.717, 1.165) is 49.6 Å². The number of esters is 2. The Morgan fingerprint density at radius 1 is 0.656 bits per heavy atom. The van der Waals surface area contributed by atoms with Crippen molar-refractivity contribution in [3.63, 3.8) is 0 Å². The van der Waals surface area contributed by atoms with Crippen molar-refractivity contribution in [2.75, 3.05) is 13.2 Å². The number of halogens is 1. The highest BCUT2D eigenvalue weighted by atomic mass is 35.5. The molecule has 7 rings (SSSR count). The summed E-state index contributed by atoms with van der Waals surface area (Å²) in [5.74, 6) is 0.312. The summed E-state index contributed by atoms with van der Waals surface area (Å²) in [4.78, 5) is 49.3. The molecule has 18 heteroatoms. The van der Waals surface area contributed by atoms with Crippen molar-refractivity contribution < 1.29 is 37.8 Å². The monoisotopic (exact) mass is 894 g/mol. The number of hydrogen-bond donors (Lipinski definition) is 0. The predicted octanol–water partition coefficient (Wildman–Crippen LogP) is 7.57. The molecule has 0 N–H and O–H groups in total. The third kappa shape index (κ3) is 12.9. The summed E-state index contributed by atoms with van der Waals surface area (Å²) in [7, 11) is -0.416. The molecule has 2 saturated carbocycles. The van der Waals surface area contributed by atoms with Gasteiger partial charge in [0.2, 0.25) is 11.8 Å². The lowest BCUT2D eigenvalue weighted by atomic mass is 9.69. The number of ether oxygens (including phenoxy) is 4. The normalized spacial score (nSPS) is 17.5. The summed E-state index contributed by atoms with van der Waals surface area (Å²) < 4.78 is 34.1. The van der Waals surface area contributed by atoms with Crippen LogP contribution in [0.4, 0.5) is 0 Å². The lowest BCUT2D eigenvalue weighted by molar-refractivity contribution is -0.177. The number of rotatable bonds is 10. The zero-order valence-corrected chi connectivity index (χ0v) is 39.0. The number of nitriles is 2. The molecule has 0 radical (unpaired) electrons. The van der Waals surface area contributed by atoms with Crippen LogP contribution in [-0.2, 0) is 28.4 Å². The van der Waals surface area contributed by atoms with Crippen LogP contribution in [0.3, 0.4) is 0 Å². The quantitative estimate of drug-likeness (QED) is 0.111. The molecule has 0 atom stereocenters. The SMILES string of the molecule is CC(C)(C)OC(=O)C1(COc2cnc(-c3ccc(C#N)nc3)cn2)CCC1.CC(C)(C)OC(=O)C1(COc2cnc(Cl)cn2)CCC1.CC1(C)OB(c2ccc(C#N)nc2)OC1(C)C. The van der Waals surface area contributed by atoms with Crippen LogP contribution in [0.5, 0.6) is 11.8 Å². The van der Waals surface area contributed by atoms with Crippen molar-refractivity contribution in [1.29, 1.82) is 10.5 Å². The first kappa shape index (κ1) is 49.3. The minimum Gasteiger partial charge on any atom is -0.475 e. The highest BCUT2D eigenvalue weighted by Crippen LogP contribution is 2.44. The Bertz CT molecular complexity index is 2280. The van der Waals surface area contributed by atoms with Crippen molar-refractivity contribution >= 4 is 36.1 Å². The zero-order valence-electron chi connectivity index (χ0n) is 38.2. The average molecular weight is 895 g/mol. The van der Waals surface area contributed by atoms with Crippen molar-refractivity contribution in [1.82, 2.24) is 29.9 Å². The first-order valence-electron chi connectivity index (χ1n) is 21.1. The molecule has 5 heterocycles. The van der Waals surface area contributed by atoms with E-state index >= 15 is 0 Å². The van der Waals surface area contributed by atoms with Crippen LogP contribution in [-0.4, -0.2) is 84.6 Å². The zero-order chi connectivity index (χ0) is 47.0. The Hall–Kier alpha value is -5.75. The molecule has 2 aliphatic carbocycles. The van der Waals surface area contributed by atoms with E-state index in [9.17, 15) is 9.59 Å². The molecule has 4 aromatic heterocycles. The van der Waals surface area contributed by atoms with Gasteiger partial charge in [0.1, 0.15) is 63.9 Å². The second-order valence-corrected chi connectivity index (χ2v) is 19.4. The summed E-state index contributed by atoms with van der Waals surface area (Å²) >= 11 is 5.66. The maximum absolute atomic E-state index is 12.5. The summed E-state index contributed by atoms with van der Waals surface area (Å²) in [6, 6.07) is 10.8. The van der Waals surface area contributed by atoms with Crippen LogP contribution >= 0.6 is 11.6 Å². The molecule has 0 amide bonds. The molecule has 16 nitrogen and oxygen atoms in total. The molecule has 0 bridgehead atoms. The molecule has 1 saturated heterocycles. The topological polar surface area (TPSA) is 214 Å². The van der Waals surface area contributed by atoms with Gasteiger partial charge in [-0.15, -0.1) is 0 Å². The van der Waals surface area contributed by atoms with Crippen LogP contribution in [0.2, 0.25) is 5.15 Å². The van der Waals surface area contributed by atoms with Gasteiger partial charge in [-0.2, -0.15) is 10.5 Å². The second kappa shape index (κ2) is 20.0. The van der Waals surface area contributed by atoms with Crippen molar-refractivity contribution in [2.45, 2.75) is 130 Å². The highest BCUT2D eigenvalue weighted by Gasteiger charge is 2.52. The molecule has 0 unspecified atom stereocenters. The summed E-state index contributed by atoms with van der Waals surface area (Å²) in [6.45, 7) is 19.7. The number of hydrogen-bond acceptors (Lipinski definition) is 16. The second-order valence-electron chi connectivity index (χ2n) is 19.0. The molecule has 1 aliphatic heterocycles. The first-order valence-corrected chi connectivity index (χ1v) is 21.5. The van der Waals surface area contributed by atoms with Gasteiger partial charge in [-0.1, -0.05) is 30.5 Å². The van der Waals surface area contributed by atoms with Crippen LogP contribution in [0.1, 0.15) is 119 Å².